The summed E-state index contributed by atoms with van der Waals surface area (Å²) in [4.78, 5) is 26.3. The first-order valence-corrected chi connectivity index (χ1v) is 5.16. The molecule has 3 nitrogen and oxygen atoms in total. The number of carbonyl (C=O) groups excluding carboxylic acids is 2. The predicted molar refractivity (Wildman–Crippen MR) is 63.5 cm³/mol. The minimum absolute atomic E-state index is 0.163. The average Bonchev–Trinajstić information content (AvgIpc) is 2.24. The molecule has 0 amide bonds. The van der Waals surface area contributed by atoms with Crippen molar-refractivity contribution < 1.29 is 9.59 Å². The third-order valence-electron chi connectivity index (χ3n) is 2.25. The van der Waals surface area contributed by atoms with Gasteiger partial charge in [-0.1, -0.05) is 30.3 Å². The Bertz CT molecular complexity index is 382. The lowest BCUT2D eigenvalue weighted by Crippen LogP contribution is -2.20. The fraction of sp³-hybridized carbons (Fsp3) is 0.308. The molecule has 16 heavy (non-hydrogen) atoms. The molecule has 0 radical (unpaired) electrons. The highest BCUT2D eigenvalue weighted by atomic mass is 16.1. The minimum Gasteiger partial charge on any atom is -0.299 e. The molecule has 0 aliphatic carbocycles. The Kier molecular flexibility index (Phi) is 4.58. The van der Waals surface area contributed by atoms with Gasteiger partial charge in [0, 0.05) is 6.21 Å². The van der Waals surface area contributed by atoms with E-state index in [4.69, 9.17) is 0 Å². The van der Waals surface area contributed by atoms with Crippen molar-refractivity contribution in [2.75, 3.05) is 0 Å². The lowest BCUT2D eigenvalue weighted by molar-refractivity contribution is -0.127. The summed E-state index contributed by atoms with van der Waals surface area (Å²) in [7, 11) is 0. The molecule has 0 aromatic heterocycles. The molecule has 3 heteroatoms. The zero-order valence-corrected chi connectivity index (χ0v) is 9.51. The van der Waals surface area contributed by atoms with E-state index < -0.39 is 5.92 Å². The molecule has 84 valence electrons. The maximum Gasteiger partial charge on any atom is 0.145 e. The highest BCUT2D eigenvalue weighted by Crippen LogP contribution is 2.02. The topological polar surface area (TPSA) is 46.5 Å². The van der Waals surface area contributed by atoms with Crippen LogP contribution in [0.15, 0.2) is 35.3 Å². The van der Waals surface area contributed by atoms with Crippen LogP contribution in [0.25, 0.3) is 0 Å². The lowest BCUT2D eigenvalue weighted by Gasteiger charge is -2.02. The minimum atomic E-state index is -0.691. The van der Waals surface area contributed by atoms with Crippen LogP contribution in [0, 0.1) is 5.92 Å². The van der Waals surface area contributed by atoms with Gasteiger partial charge in [0.15, 0.2) is 0 Å². The third-order valence-corrected chi connectivity index (χ3v) is 2.25. The van der Waals surface area contributed by atoms with Gasteiger partial charge in [-0.05, 0) is 19.4 Å². The van der Waals surface area contributed by atoms with Crippen LogP contribution in [0.1, 0.15) is 19.4 Å². The smallest absolute Gasteiger partial charge is 0.145 e. The summed E-state index contributed by atoms with van der Waals surface area (Å²) in [6, 6.07) is 9.69. The Morgan fingerprint density at radius 2 is 1.75 bits per heavy atom. The van der Waals surface area contributed by atoms with Crippen LogP contribution in [0.3, 0.4) is 0 Å². The number of aliphatic imine (C=N–C) groups is 1. The predicted octanol–water partition coefficient (Wildman–Crippen LogP) is 2.05. The third kappa shape index (κ3) is 3.77. The number of rotatable bonds is 5. The standard InChI is InChI=1S/C13H15NO2/c1-10(15)13(11(2)16)9-14-8-12-6-4-3-5-7-12/h3-7,9,13H,8H2,1-2H3. The Morgan fingerprint density at radius 1 is 1.19 bits per heavy atom. The van der Waals surface area contributed by atoms with Crippen molar-refractivity contribution in [1.29, 1.82) is 0 Å². The molecule has 0 aliphatic rings. The van der Waals surface area contributed by atoms with E-state index in [-0.39, 0.29) is 11.6 Å². The molecule has 1 aromatic carbocycles. The molecule has 0 aliphatic heterocycles. The van der Waals surface area contributed by atoms with Gasteiger partial charge in [-0.3, -0.25) is 14.6 Å². The SMILES string of the molecule is CC(=O)C(C=NCc1ccccc1)C(C)=O. The van der Waals surface area contributed by atoms with Crippen LogP contribution in [0.4, 0.5) is 0 Å². The van der Waals surface area contributed by atoms with Gasteiger partial charge in [0.2, 0.25) is 0 Å². The highest BCUT2D eigenvalue weighted by molar-refractivity contribution is 6.12. The van der Waals surface area contributed by atoms with Crippen LogP contribution >= 0.6 is 0 Å². The second kappa shape index (κ2) is 5.95. The fourth-order valence-corrected chi connectivity index (χ4v) is 1.34. The summed E-state index contributed by atoms with van der Waals surface area (Å²) in [6.45, 7) is 3.30. The largest absolute Gasteiger partial charge is 0.299 e. The van der Waals surface area contributed by atoms with E-state index in [9.17, 15) is 9.59 Å². The molecular formula is C13H15NO2. The summed E-state index contributed by atoms with van der Waals surface area (Å²) in [5.41, 5.74) is 1.06. The molecule has 1 aromatic rings. The van der Waals surface area contributed by atoms with Crippen LogP contribution in [-0.2, 0) is 16.1 Å². The van der Waals surface area contributed by atoms with E-state index in [1.807, 2.05) is 30.3 Å². The molecular weight excluding hydrogens is 202 g/mol. The van der Waals surface area contributed by atoms with Crippen molar-refractivity contribution in [2.24, 2.45) is 10.9 Å². The van der Waals surface area contributed by atoms with Gasteiger partial charge in [-0.15, -0.1) is 0 Å². The Hall–Kier alpha value is -1.77. The Morgan fingerprint density at radius 3 is 2.25 bits per heavy atom. The first kappa shape index (κ1) is 12.3. The molecule has 0 spiro atoms. The molecule has 0 unspecified atom stereocenters. The van der Waals surface area contributed by atoms with Crippen molar-refractivity contribution in [2.45, 2.75) is 20.4 Å². The summed E-state index contributed by atoms with van der Waals surface area (Å²) in [5, 5.41) is 0. The molecule has 0 fully saturated rings. The van der Waals surface area contributed by atoms with Gasteiger partial charge in [-0.2, -0.15) is 0 Å². The fourth-order valence-electron chi connectivity index (χ4n) is 1.34. The van der Waals surface area contributed by atoms with Crippen molar-refractivity contribution in [3.8, 4) is 0 Å². The molecule has 0 bridgehead atoms. The van der Waals surface area contributed by atoms with Crippen molar-refractivity contribution in [3.05, 3.63) is 35.9 Å². The quantitative estimate of drug-likeness (QED) is 0.559. The maximum atomic E-state index is 11.1. The number of hydrogen-bond donors (Lipinski definition) is 0. The summed E-state index contributed by atoms with van der Waals surface area (Å²) < 4.78 is 0. The van der Waals surface area contributed by atoms with Crippen LogP contribution in [-0.4, -0.2) is 17.8 Å². The molecule has 0 saturated carbocycles. The van der Waals surface area contributed by atoms with E-state index in [0.717, 1.165) is 5.56 Å². The molecule has 0 heterocycles. The van der Waals surface area contributed by atoms with E-state index in [1.54, 1.807) is 0 Å². The first-order valence-electron chi connectivity index (χ1n) is 5.16. The lowest BCUT2D eigenvalue weighted by atomic mass is 10.0. The second-order valence-electron chi connectivity index (χ2n) is 3.67. The van der Waals surface area contributed by atoms with Crippen LogP contribution < -0.4 is 0 Å². The number of nitrogens with zero attached hydrogens (tertiary/aromatic N) is 1. The van der Waals surface area contributed by atoms with Crippen LogP contribution in [0.2, 0.25) is 0 Å². The zero-order chi connectivity index (χ0) is 12.0. The number of ketones is 2. The monoisotopic (exact) mass is 217 g/mol. The maximum absolute atomic E-state index is 11.1. The first-order chi connectivity index (χ1) is 7.61. The van der Waals surface area contributed by atoms with E-state index in [0.29, 0.717) is 6.54 Å². The van der Waals surface area contributed by atoms with E-state index in [1.165, 1.54) is 20.1 Å². The number of carbonyl (C=O) groups is 2. The normalized spacial score (nSPS) is 10.9. The molecule has 1 rings (SSSR count). The van der Waals surface area contributed by atoms with E-state index >= 15 is 0 Å². The van der Waals surface area contributed by atoms with Gasteiger partial charge in [0.05, 0.1) is 6.54 Å². The van der Waals surface area contributed by atoms with Gasteiger partial charge in [0.1, 0.15) is 17.5 Å². The number of Topliss-reactive ketones (excluding diaryl/α,β-unsaturated/α-hetero) is 2. The van der Waals surface area contributed by atoms with Crippen molar-refractivity contribution in [3.63, 3.8) is 0 Å². The highest BCUT2D eigenvalue weighted by Gasteiger charge is 2.16. The average molecular weight is 217 g/mol. The van der Waals surface area contributed by atoms with Gasteiger partial charge < -0.3 is 0 Å². The van der Waals surface area contributed by atoms with Gasteiger partial charge in [0.25, 0.3) is 0 Å². The number of benzene rings is 1. The van der Waals surface area contributed by atoms with E-state index in [2.05, 4.69) is 4.99 Å². The summed E-state index contributed by atoms with van der Waals surface area (Å²) in [6.07, 6.45) is 1.44. The Balaban J connectivity index is 2.60. The molecule has 0 atom stereocenters. The van der Waals surface area contributed by atoms with Gasteiger partial charge in [-0.25, -0.2) is 0 Å². The summed E-state index contributed by atoms with van der Waals surface area (Å²) in [5.74, 6) is -1.02. The van der Waals surface area contributed by atoms with Crippen molar-refractivity contribution >= 4 is 17.8 Å². The molecule has 0 saturated heterocycles. The number of hydrogen-bond acceptors (Lipinski definition) is 3. The van der Waals surface area contributed by atoms with Crippen LogP contribution in [0.5, 0.6) is 0 Å². The molecule has 0 N–H and O–H groups in total. The summed E-state index contributed by atoms with van der Waals surface area (Å²) >= 11 is 0. The Labute approximate surface area is 95.2 Å². The second-order valence-corrected chi connectivity index (χ2v) is 3.67. The van der Waals surface area contributed by atoms with Crippen molar-refractivity contribution in [1.82, 2.24) is 0 Å². The van der Waals surface area contributed by atoms with Gasteiger partial charge >= 0.3 is 0 Å². The zero-order valence-electron chi connectivity index (χ0n) is 9.51.